The Kier molecular flexibility index (Phi) is 4.00. The molecule has 0 spiro atoms. The number of nitrogens with zero attached hydrogens (tertiary/aromatic N) is 1. The molecule has 3 aliphatic rings. The van der Waals surface area contributed by atoms with Crippen LogP contribution in [0.3, 0.4) is 0 Å². The Morgan fingerprint density at radius 2 is 2.05 bits per heavy atom. The van der Waals surface area contributed by atoms with Crippen molar-refractivity contribution in [2.75, 3.05) is 19.6 Å². The summed E-state index contributed by atoms with van der Waals surface area (Å²) in [6, 6.07) is 3.91. The molecule has 2 bridgehead atoms. The molecule has 1 aromatic rings. The van der Waals surface area contributed by atoms with Gasteiger partial charge in [0, 0.05) is 19.1 Å². The van der Waals surface area contributed by atoms with E-state index in [9.17, 15) is 12.8 Å². The fourth-order valence-electron chi connectivity index (χ4n) is 3.25. The Bertz CT molecular complexity index is 627. The lowest BCUT2D eigenvalue weighted by atomic mass is 9.85. The van der Waals surface area contributed by atoms with E-state index in [2.05, 4.69) is 9.62 Å². The van der Waals surface area contributed by atoms with Crippen molar-refractivity contribution in [3.8, 4) is 0 Å². The van der Waals surface area contributed by atoms with Crippen molar-refractivity contribution in [2.24, 2.45) is 11.7 Å². The van der Waals surface area contributed by atoms with Gasteiger partial charge in [0.05, 0.1) is 0 Å². The number of nitrogens with two attached hydrogens (primary N) is 1. The zero-order valence-electron chi connectivity index (χ0n) is 11.8. The molecule has 4 rings (SSSR count). The van der Waals surface area contributed by atoms with Crippen molar-refractivity contribution in [3.05, 3.63) is 29.6 Å². The summed E-state index contributed by atoms with van der Waals surface area (Å²) in [4.78, 5) is 1.96. The topological polar surface area (TPSA) is 75.4 Å². The number of fused-ring (bicyclic) bond motifs is 3. The van der Waals surface area contributed by atoms with Gasteiger partial charge in [-0.1, -0.05) is 6.07 Å². The first kappa shape index (κ1) is 14.9. The summed E-state index contributed by atoms with van der Waals surface area (Å²) in [5, 5.41) is 0. The summed E-state index contributed by atoms with van der Waals surface area (Å²) in [6.45, 7) is 2.96. The number of rotatable bonds is 4. The summed E-state index contributed by atoms with van der Waals surface area (Å²) in [5.41, 5.74) is 6.01. The minimum absolute atomic E-state index is 0.119. The molecule has 3 saturated heterocycles. The molecule has 5 nitrogen and oxygen atoms in total. The molecule has 0 aliphatic carbocycles. The lowest BCUT2D eigenvalue weighted by Gasteiger charge is -2.44. The van der Waals surface area contributed by atoms with Crippen LogP contribution in [0.5, 0.6) is 0 Å². The average molecular weight is 313 g/mol. The largest absolute Gasteiger partial charge is 0.326 e. The second-order valence-electron chi connectivity index (χ2n) is 5.83. The highest BCUT2D eigenvalue weighted by Crippen LogP contribution is 2.28. The van der Waals surface area contributed by atoms with Crippen molar-refractivity contribution in [2.45, 2.75) is 30.3 Å². The van der Waals surface area contributed by atoms with Crippen LogP contribution in [-0.2, 0) is 16.6 Å². The van der Waals surface area contributed by atoms with E-state index in [-0.39, 0.29) is 17.5 Å². The molecule has 3 fully saturated rings. The minimum atomic E-state index is -3.83. The molecule has 0 radical (unpaired) electrons. The highest BCUT2D eigenvalue weighted by molar-refractivity contribution is 7.89. The summed E-state index contributed by atoms with van der Waals surface area (Å²) < 4.78 is 41.5. The van der Waals surface area contributed by atoms with Crippen LogP contribution in [0.1, 0.15) is 18.4 Å². The van der Waals surface area contributed by atoms with Gasteiger partial charge in [-0.3, -0.25) is 0 Å². The molecule has 0 amide bonds. The molecule has 1 atom stereocenters. The van der Waals surface area contributed by atoms with Crippen LogP contribution in [0.4, 0.5) is 4.39 Å². The van der Waals surface area contributed by atoms with Gasteiger partial charge in [0.15, 0.2) is 0 Å². The van der Waals surface area contributed by atoms with Crippen LogP contribution in [0.25, 0.3) is 0 Å². The molecule has 0 aromatic heterocycles. The van der Waals surface area contributed by atoms with Gasteiger partial charge in [-0.05, 0) is 49.5 Å². The molecular formula is C14H20FN3O2S. The zero-order chi connectivity index (χ0) is 15.0. The number of sulfonamides is 1. The normalized spacial score (nSPS) is 28.8. The predicted octanol–water partition coefficient (Wildman–Crippen LogP) is 0.657. The molecule has 21 heavy (non-hydrogen) atoms. The molecule has 1 unspecified atom stereocenters. The lowest BCUT2D eigenvalue weighted by Crippen LogP contribution is -2.57. The van der Waals surface area contributed by atoms with Gasteiger partial charge in [-0.2, -0.15) is 0 Å². The fraction of sp³-hybridized carbons (Fsp3) is 0.571. The van der Waals surface area contributed by atoms with Gasteiger partial charge in [-0.25, -0.2) is 17.5 Å². The number of halogens is 1. The third-order valence-corrected chi connectivity index (χ3v) is 6.01. The molecule has 3 N–H and O–H groups in total. The number of hydrogen-bond donors (Lipinski definition) is 2. The van der Waals surface area contributed by atoms with Crippen LogP contribution in [-0.4, -0.2) is 39.0 Å². The van der Waals surface area contributed by atoms with Gasteiger partial charge < -0.3 is 10.6 Å². The first-order valence-corrected chi connectivity index (χ1v) is 8.71. The van der Waals surface area contributed by atoms with E-state index in [1.807, 2.05) is 0 Å². The summed E-state index contributed by atoms with van der Waals surface area (Å²) in [5.74, 6) is -0.386. The standard InChI is InChI=1S/C14H20FN3O2S/c15-12-7-10(8-16)1-2-14(12)21(19,20)17-13-9-18-5-3-11(13)4-6-18/h1-2,7,11,13,17H,3-6,8-9,16H2. The number of hydrogen-bond acceptors (Lipinski definition) is 4. The maximum absolute atomic E-state index is 14.0. The minimum Gasteiger partial charge on any atom is -0.326 e. The Morgan fingerprint density at radius 1 is 1.33 bits per heavy atom. The first-order valence-electron chi connectivity index (χ1n) is 7.23. The smallest absolute Gasteiger partial charge is 0.243 e. The van der Waals surface area contributed by atoms with E-state index in [0.29, 0.717) is 18.0 Å². The van der Waals surface area contributed by atoms with E-state index < -0.39 is 15.8 Å². The van der Waals surface area contributed by atoms with Gasteiger partial charge in [0.2, 0.25) is 10.0 Å². The highest BCUT2D eigenvalue weighted by Gasteiger charge is 2.37. The van der Waals surface area contributed by atoms with Crippen LogP contribution in [0.2, 0.25) is 0 Å². The molecular weight excluding hydrogens is 293 g/mol. The fourth-order valence-corrected chi connectivity index (χ4v) is 4.61. The lowest BCUT2D eigenvalue weighted by molar-refractivity contribution is 0.0827. The van der Waals surface area contributed by atoms with E-state index in [0.717, 1.165) is 25.9 Å². The van der Waals surface area contributed by atoms with Crippen LogP contribution >= 0.6 is 0 Å². The quantitative estimate of drug-likeness (QED) is 0.856. The Hall–Kier alpha value is -1.02. The van der Waals surface area contributed by atoms with Gasteiger partial charge in [0.25, 0.3) is 0 Å². The highest BCUT2D eigenvalue weighted by atomic mass is 32.2. The third kappa shape index (κ3) is 2.96. The van der Waals surface area contributed by atoms with Crippen molar-refractivity contribution in [1.82, 2.24) is 9.62 Å². The molecule has 3 heterocycles. The maximum Gasteiger partial charge on any atom is 0.243 e. The van der Waals surface area contributed by atoms with Crippen LogP contribution in [0.15, 0.2) is 23.1 Å². The number of benzene rings is 1. The predicted molar refractivity (Wildman–Crippen MR) is 77.6 cm³/mol. The van der Waals surface area contributed by atoms with Crippen molar-refractivity contribution in [1.29, 1.82) is 0 Å². The summed E-state index contributed by atoms with van der Waals surface area (Å²) in [6.07, 6.45) is 2.00. The Morgan fingerprint density at radius 3 is 2.57 bits per heavy atom. The summed E-state index contributed by atoms with van der Waals surface area (Å²) >= 11 is 0. The van der Waals surface area contributed by atoms with Crippen molar-refractivity contribution < 1.29 is 12.8 Å². The molecule has 116 valence electrons. The monoisotopic (exact) mass is 313 g/mol. The van der Waals surface area contributed by atoms with Crippen molar-refractivity contribution in [3.63, 3.8) is 0 Å². The third-order valence-electron chi connectivity index (χ3n) is 4.48. The van der Waals surface area contributed by atoms with Crippen LogP contribution < -0.4 is 10.5 Å². The van der Waals surface area contributed by atoms with Crippen LogP contribution in [0, 0.1) is 11.7 Å². The second-order valence-corrected chi connectivity index (χ2v) is 7.52. The molecule has 7 heteroatoms. The number of nitrogens with one attached hydrogen (secondary N) is 1. The molecule has 1 aromatic carbocycles. The SMILES string of the molecule is NCc1ccc(S(=O)(=O)NC2CN3CCC2CC3)c(F)c1. The molecule has 3 aliphatic heterocycles. The van der Waals surface area contributed by atoms with Gasteiger partial charge >= 0.3 is 0 Å². The van der Waals surface area contributed by atoms with E-state index >= 15 is 0 Å². The van der Waals surface area contributed by atoms with E-state index in [1.165, 1.54) is 12.1 Å². The van der Waals surface area contributed by atoms with Gasteiger partial charge in [0.1, 0.15) is 10.7 Å². The molecule has 0 saturated carbocycles. The van der Waals surface area contributed by atoms with E-state index in [4.69, 9.17) is 5.73 Å². The second kappa shape index (κ2) is 5.64. The Balaban J connectivity index is 1.81. The average Bonchev–Trinajstić information content (AvgIpc) is 2.47. The van der Waals surface area contributed by atoms with Gasteiger partial charge in [-0.15, -0.1) is 0 Å². The summed E-state index contributed by atoms with van der Waals surface area (Å²) in [7, 11) is -3.83. The van der Waals surface area contributed by atoms with E-state index in [1.54, 1.807) is 6.07 Å². The zero-order valence-corrected chi connectivity index (χ0v) is 12.6. The van der Waals surface area contributed by atoms with Crippen molar-refractivity contribution >= 4 is 10.0 Å². The Labute approximate surface area is 124 Å². The first-order chi connectivity index (χ1) is 9.99. The maximum atomic E-state index is 14.0. The number of piperidine rings is 3.